The molecule has 2 aliphatic rings. The normalized spacial score (nSPS) is 22.7. The maximum absolute atomic E-state index is 12.5. The van der Waals surface area contributed by atoms with Crippen LogP contribution in [-0.4, -0.2) is 44.0 Å². The molecule has 4 nitrogen and oxygen atoms in total. The summed E-state index contributed by atoms with van der Waals surface area (Å²) in [5.74, 6) is 0.301. The van der Waals surface area contributed by atoms with Crippen molar-refractivity contribution < 1.29 is 9.59 Å². The Balaban J connectivity index is 1.91. The molecule has 1 N–H and O–H groups in total. The summed E-state index contributed by atoms with van der Waals surface area (Å²) < 4.78 is 0. The van der Waals surface area contributed by atoms with Gasteiger partial charge in [0, 0.05) is 13.1 Å². The van der Waals surface area contributed by atoms with Crippen LogP contribution in [0.1, 0.15) is 38.5 Å². The smallest absolute Gasteiger partial charge is 0.290 e. The van der Waals surface area contributed by atoms with Gasteiger partial charge in [0.2, 0.25) is 5.91 Å². The van der Waals surface area contributed by atoms with Crippen molar-refractivity contribution in [1.82, 2.24) is 10.1 Å². The number of nitrogens with zero attached hydrogens (tertiary/aromatic N) is 1. The maximum Gasteiger partial charge on any atom is 0.290 e. The Bertz CT molecular complexity index is 286. The van der Waals surface area contributed by atoms with Gasteiger partial charge in [-0.2, -0.15) is 0 Å². The zero-order valence-electron chi connectivity index (χ0n) is 10.3. The largest absolute Gasteiger partial charge is 0.353 e. The van der Waals surface area contributed by atoms with Crippen LogP contribution in [0.2, 0.25) is 0 Å². The first kappa shape index (κ1) is 12.6. The van der Waals surface area contributed by atoms with E-state index >= 15 is 0 Å². The summed E-state index contributed by atoms with van der Waals surface area (Å²) in [5, 5.41) is 2.96. The van der Waals surface area contributed by atoms with E-state index in [1.54, 1.807) is 0 Å². The lowest BCUT2D eigenvalue weighted by atomic mass is 9.66. The molecule has 5 heteroatoms. The van der Waals surface area contributed by atoms with Gasteiger partial charge in [-0.25, -0.2) is 0 Å². The summed E-state index contributed by atoms with van der Waals surface area (Å²) in [7, 11) is 1.39. The lowest BCUT2D eigenvalue weighted by molar-refractivity contribution is -0.147. The summed E-state index contributed by atoms with van der Waals surface area (Å²) in [6.45, 7) is 2.44. The van der Waals surface area contributed by atoms with E-state index in [9.17, 15) is 9.59 Å². The first-order chi connectivity index (χ1) is 8.28. The van der Waals surface area contributed by atoms with Crippen LogP contribution in [0.5, 0.6) is 0 Å². The van der Waals surface area contributed by atoms with Crippen molar-refractivity contribution in [3.63, 3.8) is 0 Å². The predicted octanol–water partition coefficient (Wildman–Crippen LogP) is 0.568. The average molecular weight is 235 g/mol. The molecule has 1 saturated carbocycles. The Morgan fingerprint density at radius 3 is 2.47 bits per heavy atom. The number of hydrogen-bond donors (Lipinski definition) is 1. The molecule has 0 atom stereocenters. The summed E-state index contributed by atoms with van der Waals surface area (Å²) in [4.78, 5) is 24.8. The fourth-order valence-electron chi connectivity index (χ4n) is 2.80. The first-order valence-corrected chi connectivity index (χ1v) is 6.58. The van der Waals surface area contributed by atoms with Gasteiger partial charge in [0.1, 0.15) is 0 Å². The number of amides is 1. The zero-order valence-corrected chi connectivity index (χ0v) is 10.3. The molecule has 93 valence electrons. The van der Waals surface area contributed by atoms with E-state index in [1.807, 2.05) is 4.90 Å². The Morgan fingerprint density at radius 2 is 1.94 bits per heavy atom. The number of hydrogen-bond acceptors (Lipinski definition) is 3. The molecular weight excluding hydrogens is 215 g/mol. The van der Waals surface area contributed by atoms with Crippen LogP contribution in [0, 0.1) is 5.41 Å². The van der Waals surface area contributed by atoms with Gasteiger partial charge in [-0.05, 0) is 38.6 Å². The summed E-state index contributed by atoms with van der Waals surface area (Å²) in [6, 6.07) is 0. The Hall–Kier alpha value is -0.835. The standard InChI is InChI=1S/C12H20BN2O2/c16-10-13-14-9-12(5-4-6-12)11(17)15-7-2-1-3-8-15/h10,14H,1-9H2. The molecule has 17 heavy (non-hydrogen) atoms. The van der Waals surface area contributed by atoms with E-state index in [0.717, 1.165) is 51.4 Å². The van der Waals surface area contributed by atoms with Gasteiger partial charge in [-0.3, -0.25) is 4.79 Å². The van der Waals surface area contributed by atoms with Crippen LogP contribution in [0.3, 0.4) is 0 Å². The number of piperidine rings is 1. The molecule has 1 saturated heterocycles. The van der Waals surface area contributed by atoms with Crippen molar-refractivity contribution in [3.8, 4) is 0 Å². The molecule has 0 unspecified atom stereocenters. The van der Waals surface area contributed by atoms with Gasteiger partial charge in [0.15, 0.2) is 0 Å². The fourth-order valence-corrected chi connectivity index (χ4v) is 2.80. The van der Waals surface area contributed by atoms with E-state index in [1.165, 1.54) is 13.8 Å². The Morgan fingerprint density at radius 1 is 1.24 bits per heavy atom. The summed E-state index contributed by atoms with van der Waals surface area (Å²) in [5.41, 5.74) is -0.225. The SMILES string of the molecule is O=C[B]NCC1(C(=O)N2CCCCC2)CCC1. The third-order valence-electron chi connectivity index (χ3n) is 4.03. The molecule has 0 spiro atoms. The van der Waals surface area contributed by atoms with Crippen molar-refractivity contribution in [2.75, 3.05) is 19.6 Å². The highest BCUT2D eigenvalue weighted by Crippen LogP contribution is 2.42. The number of likely N-dealkylation sites (tertiary alicyclic amines) is 1. The molecule has 1 aliphatic heterocycles. The van der Waals surface area contributed by atoms with E-state index in [4.69, 9.17) is 0 Å². The molecule has 2 rings (SSSR count). The molecule has 0 aromatic carbocycles. The van der Waals surface area contributed by atoms with Crippen molar-refractivity contribution in [3.05, 3.63) is 0 Å². The summed E-state index contributed by atoms with van der Waals surface area (Å²) in [6.07, 6.45) is 7.30. The molecule has 1 radical (unpaired) electrons. The van der Waals surface area contributed by atoms with Crippen LogP contribution in [0.25, 0.3) is 0 Å². The van der Waals surface area contributed by atoms with E-state index in [0.29, 0.717) is 12.5 Å². The van der Waals surface area contributed by atoms with Crippen LogP contribution < -0.4 is 5.23 Å². The lowest BCUT2D eigenvalue weighted by Gasteiger charge is -2.44. The van der Waals surface area contributed by atoms with Crippen molar-refractivity contribution in [1.29, 1.82) is 0 Å². The second kappa shape index (κ2) is 5.67. The number of carbonyl (C=O) groups is 2. The first-order valence-electron chi connectivity index (χ1n) is 6.58. The van der Waals surface area contributed by atoms with Gasteiger partial charge >= 0.3 is 0 Å². The zero-order chi connectivity index (χ0) is 12.1. The lowest BCUT2D eigenvalue weighted by Crippen LogP contribution is -2.54. The van der Waals surface area contributed by atoms with Crippen molar-refractivity contribution in [2.24, 2.45) is 5.41 Å². The Kier molecular flexibility index (Phi) is 4.21. The molecule has 2 fully saturated rings. The van der Waals surface area contributed by atoms with Gasteiger partial charge in [-0.15, -0.1) is 0 Å². The number of rotatable bonds is 5. The van der Waals surface area contributed by atoms with Gasteiger partial charge in [0.05, 0.1) is 11.6 Å². The molecular formula is C12H20BN2O2. The molecule has 1 heterocycles. The van der Waals surface area contributed by atoms with E-state index in [-0.39, 0.29) is 5.41 Å². The fraction of sp³-hybridized carbons (Fsp3) is 0.833. The highest BCUT2D eigenvalue weighted by Gasteiger charge is 2.45. The topological polar surface area (TPSA) is 49.4 Å². The van der Waals surface area contributed by atoms with Crippen LogP contribution in [0.4, 0.5) is 0 Å². The quantitative estimate of drug-likeness (QED) is 0.430. The molecule has 0 aromatic heterocycles. The minimum atomic E-state index is -0.225. The second-order valence-electron chi connectivity index (χ2n) is 5.17. The number of carbonyl (C=O) groups excluding carboxylic acids is 2. The molecule has 1 aliphatic carbocycles. The minimum absolute atomic E-state index is 0.225. The maximum atomic E-state index is 12.5. The number of nitrogens with one attached hydrogen (secondary N) is 1. The highest BCUT2D eigenvalue weighted by molar-refractivity contribution is 6.64. The molecule has 0 bridgehead atoms. The molecule has 0 aromatic rings. The predicted molar refractivity (Wildman–Crippen MR) is 67.2 cm³/mol. The van der Waals surface area contributed by atoms with Crippen LogP contribution >= 0.6 is 0 Å². The third kappa shape index (κ3) is 2.71. The summed E-state index contributed by atoms with van der Waals surface area (Å²) >= 11 is 0. The Labute approximate surface area is 103 Å². The van der Waals surface area contributed by atoms with Crippen molar-refractivity contribution >= 4 is 19.5 Å². The van der Waals surface area contributed by atoms with Crippen LogP contribution in [-0.2, 0) is 9.59 Å². The average Bonchev–Trinajstić information content (AvgIpc) is 2.33. The van der Waals surface area contributed by atoms with E-state index in [2.05, 4.69) is 5.23 Å². The van der Waals surface area contributed by atoms with Gasteiger partial charge in [0.25, 0.3) is 7.41 Å². The third-order valence-corrected chi connectivity index (χ3v) is 4.03. The van der Waals surface area contributed by atoms with Gasteiger partial charge < -0.3 is 14.9 Å². The van der Waals surface area contributed by atoms with Gasteiger partial charge in [-0.1, -0.05) is 6.42 Å². The monoisotopic (exact) mass is 235 g/mol. The van der Waals surface area contributed by atoms with Crippen LogP contribution in [0.15, 0.2) is 0 Å². The minimum Gasteiger partial charge on any atom is -0.353 e. The second-order valence-corrected chi connectivity index (χ2v) is 5.17. The highest BCUT2D eigenvalue weighted by atomic mass is 16.2. The van der Waals surface area contributed by atoms with E-state index < -0.39 is 0 Å². The van der Waals surface area contributed by atoms with Crippen molar-refractivity contribution in [2.45, 2.75) is 38.5 Å². The molecule has 1 amide bonds.